The number of aromatic hydroxyl groups is 1. The van der Waals surface area contributed by atoms with Gasteiger partial charge in [0.05, 0.1) is 16.3 Å². The lowest BCUT2D eigenvalue weighted by atomic mass is 10.1. The molecule has 11 heteroatoms. The van der Waals surface area contributed by atoms with Gasteiger partial charge in [0.25, 0.3) is 15.7 Å². The quantitative estimate of drug-likeness (QED) is 0.239. The summed E-state index contributed by atoms with van der Waals surface area (Å²) in [5, 5.41) is 25.4. The number of rotatable bonds is 8. The number of hydrazone groups is 1. The topological polar surface area (TPSA) is 134 Å². The van der Waals surface area contributed by atoms with Crippen LogP contribution in [0.1, 0.15) is 18.9 Å². The SMILES string of the molecule is CC/C(=N\Nc1ccc([N+](=O)[O-])cc1S(=O)(=O)Nc1ccc(Cl)cc1)c1ccc(O)cc1. The van der Waals surface area contributed by atoms with E-state index in [4.69, 9.17) is 11.6 Å². The molecule has 0 aliphatic rings. The molecule has 0 saturated heterocycles. The van der Waals surface area contributed by atoms with Gasteiger partial charge in [-0.05, 0) is 66.6 Å². The smallest absolute Gasteiger partial charge is 0.270 e. The zero-order valence-electron chi connectivity index (χ0n) is 16.8. The van der Waals surface area contributed by atoms with E-state index in [-0.39, 0.29) is 27.7 Å². The Morgan fingerprint density at radius 3 is 2.34 bits per heavy atom. The third-order valence-electron chi connectivity index (χ3n) is 4.41. The molecule has 3 N–H and O–H groups in total. The van der Waals surface area contributed by atoms with Crippen LogP contribution in [0.3, 0.4) is 0 Å². The number of nitrogens with zero attached hydrogens (tertiary/aromatic N) is 2. The maximum absolute atomic E-state index is 13.0. The molecule has 0 bridgehead atoms. The van der Waals surface area contributed by atoms with E-state index in [1.165, 1.54) is 48.5 Å². The summed E-state index contributed by atoms with van der Waals surface area (Å²) in [4.78, 5) is 10.2. The molecule has 0 unspecified atom stereocenters. The van der Waals surface area contributed by atoms with Crippen LogP contribution in [0, 0.1) is 10.1 Å². The summed E-state index contributed by atoms with van der Waals surface area (Å²) in [6.45, 7) is 1.86. The number of non-ortho nitro benzene ring substituents is 1. The average molecular weight is 475 g/mol. The van der Waals surface area contributed by atoms with Crippen molar-refractivity contribution in [2.75, 3.05) is 10.1 Å². The first-order chi connectivity index (χ1) is 15.2. The largest absolute Gasteiger partial charge is 0.508 e. The Kier molecular flexibility index (Phi) is 6.96. The Morgan fingerprint density at radius 2 is 1.75 bits per heavy atom. The molecule has 0 saturated carbocycles. The fourth-order valence-electron chi connectivity index (χ4n) is 2.80. The molecular formula is C21H19ClN4O5S. The minimum Gasteiger partial charge on any atom is -0.508 e. The summed E-state index contributed by atoms with van der Waals surface area (Å²) < 4.78 is 28.4. The fourth-order valence-corrected chi connectivity index (χ4v) is 4.16. The molecule has 3 aromatic rings. The van der Waals surface area contributed by atoms with Crippen LogP contribution in [0.5, 0.6) is 5.75 Å². The normalized spacial score (nSPS) is 11.8. The number of hydrogen-bond acceptors (Lipinski definition) is 7. The monoisotopic (exact) mass is 474 g/mol. The van der Waals surface area contributed by atoms with Gasteiger partial charge in [-0.25, -0.2) is 8.42 Å². The first kappa shape index (κ1) is 23.0. The summed E-state index contributed by atoms with van der Waals surface area (Å²) in [5.74, 6) is 0.106. The van der Waals surface area contributed by atoms with Crippen molar-refractivity contribution in [3.63, 3.8) is 0 Å². The van der Waals surface area contributed by atoms with Crippen LogP contribution in [-0.2, 0) is 10.0 Å². The van der Waals surface area contributed by atoms with E-state index in [2.05, 4.69) is 15.2 Å². The summed E-state index contributed by atoms with van der Waals surface area (Å²) in [5.41, 5.74) is 3.94. The number of hydrogen-bond donors (Lipinski definition) is 3. The Hall–Kier alpha value is -3.63. The summed E-state index contributed by atoms with van der Waals surface area (Å²) >= 11 is 5.83. The predicted molar refractivity (Wildman–Crippen MR) is 124 cm³/mol. The molecular weight excluding hydrogens is 456 g/mol. The van der Waals surface area contributed by atoms with Crippen molar-refractivity contribution >= 4 is 44.4 Å². The Bertz CT molecular complexity index is 1260. The predicted octanol–water partition coefficient (Wildman–Crippen LogP) is 4.98. The summed E-state index contributed by atoms with van der Waals surface area (Å²) in [7, 11) is -4.20. The molecule has 0 aliphatic carbocycles. The number of sulfonamides is 1. The molecule has 0 aromatic heterocycles. The molecule has 0 heterocycles. The maximum atomic E-state index is 13.0. The van der Waals surface area contributed by atoms with Crippen molar-refractivity contribution < 1.29 is 18.4 Å². The van der Waals surface area contributed by atoms with Crippen LogP contribution in [0.25, 0.3) is 0 Å². The van der Waals surface area contributed by atoms with Gasteiger partial charge in [0.15, 0.2) is 0 Å². The molecule has 0 atom stereocenters. The Labute approximate surface area is 189 Å². The number of nitro groups is 1. The van der Waals surface area contributed by atoms with Crippen LogP contribution < -0.4 is 10.1 Å². The molecule has 166 valence electrons. The highest BCUT2D eigenvalue weighted by Gasteiger charge is 2.23. The van der Waals surface area contributed by atoms with Gasteiger partial charge in [-0.15, -0.1) is 0 Å². The van der Waals surface area contributed by atoms with Gasteiger partial charge in [0.1, 0.15) is 10.6 Å². The third-order valence-corrected chi connectivity index (χ3v) is 6.08. The van der Waals surface area contributed by atoms with Crippen molar-refractivity contribution in [2.24, 2.45) is 5.10 Å². The highest BCUT2D eigenvalue weighted by molar-refractivity contribution is 7.92. The van der Waals surface area contributed by atoms with Gasteiger partial charge in [-0.1, -0.05) is 18.5 Å². The highest BCUT2D eigenvalue weighted by atomic mass is 35.5. The lowest BCUT2D eigenvalue weighted by Gasteiger charge is -2.13. The lowest BCUT2D eigenvalue weighted by molar-refractivity contribution is -0.385. The summed E-state index contributed by atoms with van der Waals surface area (Å²) in [6.07, 6.45) is 0.510. The molecule has 3 aromatic carbocycles. The Balaban J connectivity index is 1.99. The fraction of sp³-hybridized carbons (Fsp3) is 0.0952. The van der Waals surface area contributed by atoms with E-state index >= 15 is 0 Å². The van der Waals surface area contributed by atoms with Crippen molar-refractivity contribution in [1.82, 2.24) is 0 Å². The third kappa shape index (κ3) is 5.54. The van der Waals surface area contributed by atoms with Crippen molar-refractivity contribution in [3.8, 4) is 5.75 Å². The van der Waals surface area contributed by atoms with E-state index in [0.717, 1.165) is 11.6 Å². The number of phenolic OH excluding ortho intramolecular Hbond substituents is 1. The number of nitro benzene ring substituents is 1. The van der Waals surface area contributed by atoms with E-state index < -0.39 is 14.9 Å². The van der Waals surface area contributed by atoms with Crippen molar-refractivity contribution in [1.29, 1.82) is 0 Å². The summed E-state index contributed by atoms with van der Waals surface area (Å²) in [6, 6.07) is 15.8. The first-order valence-corrected chi connectivity index (χ1v) is 11.2. The lowest BCUT2D eigenvalue weighted by Crippen LogP contribution is -2.15. The maximum Gasteiger partial charge on any atom is 0.270 e. The second-order valence-electron chi connectivity index (χ2n) is 6.62. The number of anilines is 2. The van der Waals surface area contributed by atoms with E-state index in [0.29, 0.717) is 17.2 Å². The zero-order chi connectivity index (χ0) is 23.3. The average Bonchev–Trinajstić information content (AvgIpc) is 2.76. The Morgan fingerprint density at radius 1 is 1.09 bits per heavy atom. The molecule has 0 aliphatic heterocycles. The molecule has 3 rings (SSSR count). The molecule has 0 spiro atoms. The van der Waals surface area contributed by atoms with Crippen molar-refractivity contribution in [3.05, 3.63) is 87.4 Å². The van der Waals surface area contributed by atoms with Crippen molar-refractivity contribution in [2.45, 2.75) is 18.2 Å². The molecule has 0 amide bonds. The minimum absolute atomic E-state index is 0.0572. The highest BCUT2D eigenvalue weighted by Crippen LogP contribution is 2.29. The minimum atomic E-state index is -4.20. The number of halogens is 1. The number of phenols is 1. The zero-order valence-corrected chi connectivity index (χ0v) is 18.4. The van der Waals surface area contributed by atoms with E-state index in [9.17, 15) is 23.6 Å². The van der Waals surface area contributed by atoms with Crippen LogP contribution in [0.15, 0.2) is 76.7 Å². The van der Waals surface area contributed by atoms with Gasteiger partial charge < -0.3 is 5.11 Å². The second-order valence-corrected chi connectivity index (χ2v) is 8.71. The number of nitrogens with one attached hydrogen (secondary N) is 2. The van der Waals surface area contributed by atoms with Crippen LogP contribution in [0.2, 0.25) is 5.02 Å². The van der Waals surface area contributed by atoms with Gasteiger partial charge in [-0.2, -0.15) is 5.10 Å². The molecule has 0 radical (unpaired) electrons. The van der Waals surface area contributed by atoms with Crippen LogP contribution >= 0.6 is 11.6 Å². The van der Waals surface area contributed by atoms with E-state index in [1.807, 2.05) is 6.92 Å². The van der Waals surface area contributed by atoms with Crippen LogP contribution in [0.4, 0.5) is 17.1 Å². The van der Waals surface area contributed by atoms with Gasteiger partial charge >= 0.3 is 0 Å². The molecule has 9 nitrogen and oxygen atoms in total. The van der Waals surface area contributed by atoms with Crippen LogP contribution in [-0.4, -0.2) is 24.2 Å². The van der Waals surface area contributed by atoms with E-state index in [1.54, 1.807) is 12.1 Å². The first-order valence-electron chi connectivity index (χ1n) is 9.38. The molecule has 0 fully saturated rings. The van der Waals surface area contributed by atoms with Gasteiger partial charge in [0, 0.05) is 22.8 Å². The van der Waals surface area contributed by atoms with Gasteiger partial charge in [-0.3, -0.25) is 20.3 Å². The standard InChI is InChI=1S/C21H19ClN4O5S/c1-2-19(14-3-10-18(27)11-4-14)23-24-20-12-9-17(26(28)29)13-21(20)32(30,31)25-16-7-5-15(22)6-8-16/h3-13,24-25,27H,2H2,1H3/b23-19+. The van der Waals surface area contributed by atoms with Gasteiger partial charge in [0.2, 0.25) is 0 Å². The number of benzene rings is 3. The molecule has 32 heavy (non-hydrogen) atoms. The second kappa shape index (κ2) is 9.67.